The third-order valence-corrected chi connectivity index (χ3v) is 11.0. The second-order valence-corrected chi connectivity index (χ2v) is 15.4. The van der Waals surface area contributed by atoms with Gasteiger partial charge in [0, 0.05) is 82.1 Å². The van der Waals surface area contributed by atoms with E-state index in [1.54, 1.807) is 24.3 Å². The van der Waals surface area contributed by atoms with Crippen molar-refractivity contribution in [2.75, 3.05) is 73.0 Å². The van der Waals surface area contributed by atoms with Crippen LogP contribution >= 0.6 is 15.9 Å². The zero-order valence-corrected chi connectivity index (χ0v) is 35.6. The molecule has 0 amide bonds. The molecular weight excluding hydrogens is 843 g/mol. The predicted molar refractivity (Wildman–Crippen MR) is 254 cm³/mol. The summed E-state index contributed by atoms with van der Waals surface area (Å²) in [6, 6.07) is 47.9. The molecule has 62 heavy (non-hydrogen) atoms. The summed E-state index contributed by atoms with van der Waals surface area (Å²) in [6.45, 7) is 6.90. The van der Waals surface area contributed by atoms with Crippen molar-refractivity contribution in [1.82, 2.24) is 19.9 Å². The highest BCUT2D eigenvalue weighted by Crippen LogP contribution is 2.29. The Morgan fingerprint density at radius 3 is 1.48 bits per heavy atom. The third kappa shape index (κ3) is 11.1. The van der Waals surface area contributed by atoms with E-state index in [4.69, 9.17) is 24.5 Å². The third-order valence-electron chi connectivity index (χ3n) is 10.4. The number of rotatable bonds is 8. The molecule has 312 valence electrons. The molecule has 2 aromatic heterocycles. The zero-order chi connectivity index (χ0) is 42.5. The maximum atomic E-state index is 8.58. The summed E-state index contributed by atoms with van der Waals surface area (Å²) in [5.41, 5.74) is 9.00. The highest BCUT2D eigenvalue weighted by atomic mass is 79.9. The quantitative estimate of drug-likeness (QED) is 0.109. The molecule has 0 aliphatic carbocycles. The van der Waals surface area contributed by atoms with Crippen LogP contribution in [0.1, 0.15) is 0 Å². The van der Waals surface area contributed by atoms with Gasteiger partial charge in [0.15, 0.2) is 0 Å². The second kappa shape index (κ2) is 20.9. The number of aromatic nitrogens is 4. The van der Waals surface area contributed by atoms with Crippen molar-refractivity contribution in [2.24, 2.45) is 0 Å². The van der Waals surface area contributed by atoms with Crippen molar-refractivity contribution in [1.29, 1.82) is 0 Å². The minimum atomic E-state index is -1.34. The molecule has 14 heteroatoms. The Hall–Kier alpha value is -6.42. The van der Waals surface area contributed by atoms with E-state index in [1.165, 1.54) is 11.4 Å². The minimum absolute atomic E-state index is 0.525. The lowest BCUT2D eigenvalue weighted by atomic mass is 9.81. The topological polar surface area (TPSA) is 141 Å². The van der Waals surface area contributed by atoms with Crippen molar-refractivity contribution in [3.63, 3.8) is 0 Å². The number of anilines is 6. The van der Waals surface area contributed by atoms with Gasteiger partial charge in [-0.2, -0.15) is 0 Å². The fourth-order valence-electron chi connectivity index (χ4n) is 7.08. The molecule has 2 saturated heterocycles. The van der Waals surface area contributed by atoms with E-state index in [9.17, 15) is 0 Å². The van der Waals surface area contributed by atoms with Crippen LogP contribution in [0, 0.1) is 0 Å². The molecule has 0 atom stereocenters. The van der Waals surface area contributed by atoms with E-state index in [2.05, 4.69) is 118 Å². The van der Waals surface area contributed by atoms with Crippen LogP contribution in [0.25, 0.3) is 32.9 Å². The van der Waals surface area contributed by atoms with Crippen molar-refractivity contribution in [2.45, 2.75) is 0 Å². The lowest BCUT2D eigenvalue weighted by Gasteiger charge is -2.28. The first-order valence-electron chi connectivity index (χ1n) is 20.5. The number of benzene rings is 6. The Labute approximate surface area is 369 Å². The van der Waals surface area contributed by atoms with E-state index < -0.39 is 7.12 Å². The van der Waals surface area contributed by atoms with Crippen LogP contribution in [0.2, 0.25) is 0 Å². The lowest BCUT2D eigenvalue weighted by Crippen LogP contribution is -2.36. The summed E-state index contributed by atoms with van der Waals surface area (Å²) in [5.74, 6) is 1.19. The Balaban J connectivity index is 0.000000144. The standard InChI is InChI=1S/C24H22N4O.C18H17BrN4O.C6H7BO2/c1-2-5-18(6-3-1)22-8-4-7-19-17-25-24(27-23(19)22)26-20-9-11-21(12-10-20)28-13-15-29-16-14-28;19-16-3-1-2-13-12-20-18(22-17(13)16)21-14-4-6-15(7-5-14)23-8-10-24-11-9-23;8-7(9)6-4-2-1-3-5-6/h1-12,17H,13-16H2,(H,25,26,27);1-7,12H,8-11H2,(H,20,21,22);1-5,8-9H. The second-order valence-electron chi connectivity index (χ2n) is 14.5. The van der Waals surface area contributed by atoms with Gasteiger partial charge >= 0.3 is 7.12 Å². The molecule has 6 aromatic carbocycles. The summed E-state index contributed by atoms with van der Waals surface area (Å²) in [4.78, 5) is 23.0. The number of hydrogen-bond donors (Lipinski definition) is 4. The van der Waals surface area contributed by atoms with Gasteiger partial charge in [-0.25, -0.2) is 19.9 Å². The Kier molecular flexibility index (Phi) is 14.3. The molecule has 0 spiro atoms. The average molecular weight is 890 g/mol. The molecule has 0 radical (unpaired) electrons. The Morgan fingerprint density at radius 1 is 0.516 bits per heavy atom. The summed E-state index contributed by atoms with van der Waals surface area (Å²) >= 11 is 3.54. The van der Waals surface area contributed by atoms with Gasteiger partial charge in [-0.3, -0.25) is 0 Å². The molecule has 2 aliphatic heterocycles. The van der Waals surface area contributed by atoms with Crippen molar-refractivity contribution in [3.8, 4) is 11.1 Å². The molecule has 12 nitrogen and oxygen atoms in total. The molecule has 8 aromatic rings. The molecular formula is C48H46BBrN8O4. The van der Waals surface area contributed by atoms with Crippen LogP contribution in [0.15, 0.2) is 162 Å². The Bertz CT molecular complexity index is 2650. The first kappa shape index (κ1) is 42.3. The monoisotopic (exact) mass is 888 g/mol. The van der Waals surface area contributed by atoms with Gasteiger partial charge in [-0.1, -0.05) is 91.0 Å². The summed E-state index contributed by atoms with van der Waals surface area (Å²) in [6.07, 6.45) is 3.71. The van der Waals surface area contributed by atoms with Crippen molar-refractivity contribution < 1.29 is 19.5 Å². The van der Waals surface area contributed by atoms with Crippen LogP contribution < -0.4 is 25.9 Å². The summed E-state index contributed by atoms with van der Waals surface area (Å²) < 4.78 is 11.8. The maximum Gasteiger partial charge on any atom is 0.488 e. The van der Waals surface area contributed by atoms with Gasteiger partial charge < -0.3 is 40.0 Å². The molecule has 4 N–H and O–H groups in total. The zero-order valence-electron chi connectivity index (χ0n) is 34.0. The van der Waals surface area contributed by atoms with E-state index >= 15 is 0 Å². The molecule has 2 fully saturated rings. The SMILES string of the molecule is Brc1cccc2cnc(Nc3ccc(N4CCOCC4)cc3)nc12.OB(O)c1ccccc1.c1ccc(-c2cccc3cnc(Nc4ccc(N5CCOCC5)cc4)nc23)cc1. The van der Waals surface area contributed by atoms with E-state index in [0.717, 1.165) is 101 Å². The fourth-order valence-corrected chi connectivity index (χ4v) is 7.55. The molecule has 4 heterocycles. The number of nitrogens with zero attached hydrogens (tertiary/aromatic N) is 6. The average Bonchev–Trinajstić information content (AvgIpc) is 3.34. The van der Waals surface area contributed by atoms with E-state index in [0.29, 0.717) is 17.4 Å². The molecule has 2 aliphatic rings. The van der Waals surface area contributed by atoms with E-state index in [-0.39, 0.29) is 0 Å². The molecule has 0 unspecified atom stereocenters. The first-order valence-corrected chi connectivity index (χ1v) is 21.3. The van der Waals surface area contributed by atoms with Crippen molar-refractivity contribution >= 4 is 85.0 Å². The summed E-state index contributed by atoms with van der Waals surface area (Å²) in [5, 5.41) is 25.8. The maximum absolute atomic E-state index is 8.58. The van der Waals surface area contributed by atoms with Crippen LogP contribution in [-0.4, -0.2) is 89.7 Å². The highest BCUT2D eigenvalue weighted by molar-refractivity contribution is 9.10. The van der Waals surface area contributed by atoms with Gasteiger partial charge in [-0.05, 0) is 81.6 Å². The molecule has 0 saturated carbocycles. The number of fused-ring (bicyclic) bond motifs is 2. The number of ether oxygens (including phenoxy) is 2. The van der Waals surface area contributed by atoms with Crippen LogP contribution in [-0.2, 0) is 9.47 Å². The highest BCUT2D eigenvalue weighted by Gasteiger charge is 2.13. The van der Waals surface area contributed by atoms with Gasteiger partial charge in [-0.15, -0.1) is 0 Å². The van der Waals surface area contributed by atoms with Gasteiger partial charge in [0.05, 0.1) is 37.5 Å². The lowest BCUT2D eigenvalue weighted by molar-refractivity contribution is 0.122. The normalized spacial score (nSPS) is 13.7. The van der Waals surface area contributed by atoms with Crippen LogP contribution in [0.3, 0.4) is 0 Å². The number of hydrogen-bond acceptors (Lipinski definition) is 12. The van der Waals surface area contributed by atoms with Crippen LogP contribution in [0.5, 0.6) is 0 Å². The predicted octanol–water partition coefficient (Wildman–Crippen LogP) is 8.22. The smallest absolute Gasteiger partial charge is 0.423 e. The first-order chi connectivity index (χ1) is 30.5. The molecule has 0 bridgehead atoms. The van der Waals surface area contributed by atoms with Crippen LogP contribution in [0.4, 0.5) is 34.6 Å². The number of halogens is 1. The number of morpholine rings is 2. The van der Waals surface area contributed by atoms with Gasteiger partial charge in [0.2, 0.25) is 11.9 Å². The summed E-state index contributed by atoms with van der Waals surface area (Å²) in [7, 11) is -1.34. The Morgan fingerprint density at radius 2 is 0.984 bits per heavy atom. The van der Waals surface area contributed by atoms with Crippen molar-refractivity contribution in [3.05, 3.63) is 162 Å². The molecule has 10 rings (SSSR count). The van der Waals surface area contributed by atoms with Gasteiger partial charge in [0.1, 0.15) is 0 Å². The van der Waals surface area contributed by atoms with E-state index in [1.807, 2.05) is 67.0 Å². The fraction of sp³-hybridized carbons (Fsp3) is 0.167. The number of para-hydroxylation sites is 2. The van der Waals surface area contributed by atoms with Gasteiger partial charge in [0.25, 0.3) is 0 Å². The largest absolute Gasteiger partial charge is 0.488 e. The minimum Gasteiger partial charge on any atom is -0.423 e. The number of nitrogens with one attached hydrogen (secondary N) is 2.